The Labute approximate surface area is 214 Å². The summed E-state index contributed by atoms with van der Waals surface area (Å²) in [5, 5.41) is 11.8. The zero-order valence-electron chi connectivity index (χ0n) is 21.5. The summed E-state index contributed by atoms with van der Waals surface area (Å²) >= 11 is 0. The number of hydrogen-bond acceptors (Lipinski definition) is 5. The SMILES string of the molecule is COc1ccc(C(C(=O)NC(C)(C)C)n2c(=O)c3c(-c4ccccc4)nnn3c3ccc(C)cc32)cc1. The van der Waals surface area contributed by atoms with Crippen molar-refractivity contribution in [1.29, 1.82) is 0 Å². The summed E-state index contributed by atoms with van der Waals surface area (Å²) in [6, 6.07) is 21.5. The van der Waals surface area contributed by atoms with E-state index in [4.69, 9.17) is 4.74 Å². The first-order chi connectivity index (χ1) is 17.7. The summed E-state index contributed by atoms with van der Waals surface area (Å²) in [5.41, 5.74) is 3.56. The normalized spacial score (nSPS) is 12.6. The van der Waals surface area contributed by atoms with Gasteiger partial charge in [0.15, 0.2) is 5.52 Å². The van der Waals surface area contributed by atoms with Crippen LogP contribution in [0.4, 0.5) is 0 Å². The number of hydrogen-bond donors (Lipinski definition) is 1. The zero-order valence-corrected chi connectivity index (χ0v) is 21.5. The Kier molecular flexibility index (Phi) is 6.03. The van der Waals surface area contributed by atoms with E-state index in [1.165, 1.54) is 0 Å². The van der Waals surface area contributed by atoms with Crippen LogP contribution < -0.4 is 15.6 Å². The van der Waals surface area contributed by atoms with Crippen molar-refractivity contribution in [2.75, 3.05) is 7.11 Å². The molecule has 0 saturated carbocycles. The highest BCUT2D eigenvalue weighted by Crippen LogP contribution is 2.29. The van der Waals surface area contributed by atoms with E-state index in [1.54, 1.807) is 28.3 Å². The highest BCUT2D eigenvalue weighted by Gasteiger charge is 2.30. The first kappa shape index (κ1) is 24.2. The monoisotopic (exact) mass is 495 g/mol. The lowest BCUT2D eigenvalue weighted by Gasteiger charge is -2.27. The maximum Gasteiger partial charge on any atom is 0.280 e. The minimum absolute atomic E-state index is 0.291. The third-order valence-electron chi connectivity index (χ3n) is 6.19. The first-order valence-electron chi connectivity index (χ1n) is 12.1. The maximum absolute atomic E-state index is 14.4. The number of nitrogens with zero attached hydrogens (tertiary/aromatic N) is 4. The molecular formula is C29H29N5O3. The van der Waals surface area contributed by atoms with E-state index < -0.39 is 11.6 Å². The standard InChI is InChI=1S/C29H29N5O3/c1-18-11-16-22-23(17-18)33(28(36)26-24(31-32-34(22)26)19-9-7-6-8-10-19)25(27(35)30-29(2,3)4)20-12-14-21(37-5)15-13-20/h6-17,25H,1-5H3,(H,30,35). The van der Waals surface area contributed by atoms with Crippen LogP contribution in [0.5, 0.6) is 5.75 Å². The highest BCUT2D eigenvalue weighted by atomic mass is 16.5. The van der Waals surface area contributed by atoms with Crippen molar-refractivity contribution in [2.45, 2.75) is 39.3 Å². The molecule has 1 atom stereocenters. The summed E-state index contributed by atoms with van der Waals surface area (Å²) in [4.78, 5) is 28.3. The Morgan fingerprint density at radius 1 is 0.973 bits per heavy atom. The van der Waals surface area contributed by atoms with Crippen LogP contribution in [0, 0.1) is 6.92 Å². The Hall–Kier alpha value is -4.46. The van der Waals surface area contributed by atoms with Crippen molar-refractivity contribution in [1.82, 2.24) is 24.7 Å². The predicted molar refractivity (Wildman–Crippen MR) is 144 cm³/mol. The van der Waals surface area contributed by atoms with Gasteiger partial charge in [0.25, 0.3) is 5.56 Å². The van der Waals surface area contributed by atoms with Crippen LogP contribution >= 0.6 is 0 Å². The topological polar surface area (TPSA) is 90.5 Å². The lowest BCUT2D eigenvalue weighted by atomic mass is 10.0. The van der Waals surface area contributed by atoms with Crippen molar-refractivity contribution in [3.05, 3.63) is 94.3 Å². The number of nitrogens with one attached hydrogen (secondary N) is 1. The molecule has 0 aliphatic rings. The molecule has 2 heterocycles. The highest BCUT2D eigenvalue weighted by molar-refractivity contribution is 5.89. The van der Waals surface area contributed by atoms with Crippen LogP contribution in [0.25, 0.3) is 27.8 Å². The quantitative estimate of drug-likeness (QED) is 0.387. The van der Waals surface area contributed by atoms with Crippen LogP contribution in [0.1, 0.15) is 37.9 Å². The third-order valence-corrected chi connectivity index (χ3v) is 6.19. The molecule has 8 heteroatoms. The number of fused-ring (bicyclic) bond motifs is 3. The molecule has 0 aliphatic heterocycles. The number of benzene rings is 3. The van der Waals surface area contributed by atoms with E-state index in [0.717, 1.165) is 11.1 Å². The third kappa shape index (κ3) is 4.46. The average Bonchev–Trinajstić information content (AvgIpc) is 3.31. The van der Waals surface area contributed by atoms with Crippen LogP contribution in [0.3, 0.4) is 0 Å². The lowest BCUT2D eigenvalue weighted by molar-refractivity contribution is -0.124. The molecule has 1 amide bonds. The first-order valence-corrected chi connectivity index (χ1v) is 12.1. The van der Waals surface area contributed by atoms with Crippen molar-refractivity contribution < 1.29 is 9.53 Å². The molecule has 188 valence electrons. The molecule has 0 radical (unpaired) electrons. The van der Waals surface area contributed by atoms with Gasteiger partial charge in [0.1, 0.15) is 17.5 Å². The van der Waals surface area contributed by atoms with Gasteiger partial charge in [-0.1, -0.05) is 53.7 Å². The van der Waals surface area contributed by atoms with Crippen LogP contribution in [-0.2, 0) is 4.79 Å². The van der Waals surface area contributed by atoms with Gasteiger partial charge >= 0.3 is 0 Å². The lowest BCUT2D eigenvalue weighted by Crippen LogP contribution is -2.46. The number of ether oxygens (including phenoxy) is 1. The minimum Gasteiger partial charge on any atom is -0.497 e. The number of carbonyl (C=O) groups excluding carboxylic acids is 1. The van der Waals surface area contributed by atoms with Crippen LogP contribution in [0.15, 0.2) is 77.6 Å². The fraction of sp³-hybridized carbons (Fsp3) is 0.241. The van der Waals surface area contributed by atoms with Crippen molar-refractivity contribution in [2.24, 2.45) is 0 Å². The smallest absolute Gasteiger partial charge is 0.280 e. The van der Waals surface area contributed by atoms with Gasteiger partial charge in [-0.2, -0.15) is 0 Å². The minimum atomic E-state index is -0.939. The number of carbonyl (C=O) groups is 1. The number of methoxy groups -OCH3 is 1. The van der Waals surface area contributed by atoms with E-state index in [9.17, 15) is 9.59 Å². The number of aryl methyl sites for hydroxylation is 1. The van der Waals surface area contributed by atoms with E-state index >= 15 is 0 Å². The second-order valence-electron chi connectivity index (χ2n) is 10.1. The molecule has 5 aromatic rings. The van der Waals surface area contributed by atoms with E-state index in [2.05, 4.69) is 15.6 Å². The van der Waals surface area contributed by atoms with Gasteiger partial charge in [-0.05, 0) is 63.1 Å². The van der Waals surface area contributed by atoms with E-state index in [0.29, 0.717) is 33.6 Å². The largest absolute Gasteiger partial charge is 0.497 e. The predicted octanol–water partition coefficient (Wildman–Crippen LogP) is 4.53. The van der Waals surface area contributed by atoms with Crippen molar-refractivity contribution in [3.63, 3.8) is 0 Å². The zero-order chi connectivity index (χ0) is 26.3. The molecule has 5 rings (SSSR count). The molecule has 1 unspecified atom stereocenters. The molecule has 8 nitrogen and oxygen atoms in total. The van der Waals surface area contributed by atoms with Crippen molar-refractivity contribution >= 4 is 22.5 Å². The summed E-state index contributed by atoms with van der Waals surface area (Å²) in [6.45, 7) is 7.70. The van der Waals surface area contributed by atoms with Gasteiger partial charge in [0.2, 0.25) is 5.91 Å². The van der Waals surface area contributed by atoms with Gasteiger partial charge < -0.3 is 10.1 Å². The van der Waals surface area contributed by atoms with Gasteiger partial charge in [-0.25, -0.2) is 4.52 Å². The molecule has 37 heavy (non-hydrogen) atoms. The van der Waals surface area contributed by atoms with Crippen molar-refractivity contribution in [3.8, 4) is 17.0 Å². The molecule has 0 fully saturated rings. The number of aromatic nitrogens is 4. The molecule has 0 spiro atoms. The van der Waals surface area contributed by atoms with Gasteiger partial charge in [-0.3, -0.25) is 14.2 Å². The van der Waals surface area contributed by atoms with Crippen LogP contribution in [-0.4, -0.2) is 38.0 Å². The number of rotatable bonds is 5. The molecule has 1 N–H and O–H groups in total. The van der Waals surface area contributed by atoms with Gasteiger partial charge in [0, 0.05) is 11.1 Å². The molecular weight excluding hydrogens is 466 g/mol. The average molecular weight is 496 g/mol. The molecule has 3 aromatic carbocycles. The Morgan fingerprint density at radius 3 is 2.32 bits per heavy atom. The van der Waals surface area contributed by atoms with Gasteiger partial charge in [-0.15, -0.1) is 5.10 Å². The fourth-order valence-corrected chi connectivity index (χ4v) is 4.56. The fourth-order valence-electron chi connectivity index (χ4n) is 4.56. The molecule has 2 aromatic heterocycles. The molecule has 0 saturated heterocycles. The van der Waals surface area contributed by atoms with Crippen LogP contribution in [0.2, 0.25) is 0 Å². The summed E-state index contributed by atoms with van der Waals surface area (Å²) in [7, 11) is 1.59. The van der Waals surface area contributed by atoms with E-state index in [1.807, 2.05) is 88.4 Å². The van der Waals surface area contributed by atoms with E-state index in [-0.39, 0.29) is 11.5 Å². The Balaban J connectivity index is 1.88. The summed E-state index contributed by atoms with van der Waals surface area (Å²) in [6.07, 6.45) is 0. The Morgan fingerprint density at radius 2 is 1.68 bits per heavy atom. The summed E-state index contributed by atoms with van der Waals surface area (Å²) < 4.78 is 8.47. The van der Waals surface area contributed by atoms with Gasteiger partial charge in [0.05, 0.1) is 18.1 Å². The number of amides is 1. The maximum atomic E-state index is 14.4. The second kappa shape index (κ2) is 9.20. The summed E-state index contributed by atoms with van der Waals surface area (Å²) in [5.74, 6) is 0.370. The molecule has 0 bridgehead atoms. The Bertz CT molecular complexity index is 1660. The second-order valence-corrected chi connectivity index (χ2v) is 10.1. The molecule has 0 aliphatic carbocycles.